The molecule has 0 amide bonds. The SMILES string of the molecule is N#C[C@@]12C(N)=NC3(OCCO3)[C@]1(C#N)[C@H]2c1ccccc1. The van der Waals surface area contributed by atoms with E-state index in [4.69, 9.17) is 15.2 Å². The second-order valence-electron chi connectivity index (χ2n) is 5.46. The third-order valence-corrected chi connectivity index (χ3v) is 4.74. The molecule has 0 radical (unpaired) electrons. The van der Waals surface area contributed by atoms with Gasteiger partial charge in [-0.2, -0.15) is 10.5 Å². The first kappa shape index (κ1) is 12.3. The lowest BCUT2D eigenvalue weighted by atomic mass is 9.94. The number of ether oxygens (including phenoxy) is 2. The van der Waals surface area contributed by atoms with Crippen LogP contribution in [0.25, 0.3) is 0 Å². The fraction of sp³-hybridized carbons (Fsp3) is 0.400. The highest BCUT2D eigenvalue weighted by Gasteiger charge is 2.94. The van der Waals surface area contributed by atoms with Crippen LogP contribution in [0.1, 0.15) is 11.5 Å². The molecule has 2 N–H and O–H groups in total. The summed E-state index contributed by atoms with van der Waals surface area (Å²) in [5, 5.41) is 19.6. The van der Waals surface area contributed by atoms with E-state index in [1.54, 1.807) is 0 Å². The molecule has 0 unspecified atom stereocenters. The molecule has 1 saturated heterocycles. The number of aliphatic imine (C=N–C) groups is 1. The topological polar surface area (TPSA) is 104 Å². The normalized spacial score (nSPS) is 38.4. The average Bonchev–Trinajstić information content (AvgIpc) is 2.78. The average molecular weight is 280 g/mol. The second-order valence-corrected chi connectivity index (χ2v) is 5.46. The Balaban J connectivity index is 1.95. The molecule has 1 spiro atoms. The van der Waals surface area contributed by atoms with Crippen molar-refractivity contribution >= 4 is 5.84 Å². The number of hydrogen-bond acceptors (Lipinski definition) is 6. The Kier molecular flexibility index (Phi) is 2.12. The molecule has 1 saturated carbocycles. The number of fused-ring (bicyclic) bond motifs is 2. The van der Waals surface area contributed by atoms with Crippen LogP contribution in [-0.4, -0.2) is 25.0 Å². The molecular weight excluding hydrogens is 268 g/mol. The molecular formula is C15H12N4O2. The Morgan fingerprint density at radius 1 is 1.14 bits per heavy atom. The smallest absolute Gasteiger partial charge is 0.293 e. The van der Waals surface area contributed by atoms with E-state index >= 15 is 0 Å². The molecule has 6 heteroatoms. The highest BCUT2D eigenvalue weighted by molar-refractivity contribution is 6.00. The number of nitrogens with two attached hydrogens (primary N) is 1. The fourth-order valence-corrected chi connectivity index (χ4v) is 3.86. The zero-order valence-corrected chi connectivity index (χ0v) is 11.1. The Labute approximate surface area is 121 Å². The summed E-state index contributed by atoms with van der Waals surface area (Å²) in [6, 6.07) is 13.9. The first-order valence-electron chi connectivity index (χ1n) is 6.70. The maximum absolute atomic E-state index is 9.85. The van der Waals surface area contributed by atoms with E-state index in [2.05, 4.69) is 17.1 Å². The molecule has 0 aromatic heterocycles. The van der Waals surface area contributed by atoms with E-state index in [0.717, 1.165) is 5.56 Å². The fourth-order valence-electron chi connectivity index (χ4n) is 3.86. The van der Waals surface area contributed by atoms with Crippen LogP contribution in [0.5, 0.6) is 0 Å². The molecule has 6 nitrogen and oxygen atoms in total. The predicted molar refractivity (Wildman–Crippen MR) is 71.5 cm³/mol. The minimum atomic E-state index is -1.44. The van der Waals surface area contributed by atoms with Crippen LogP contribution in [0.4, 0.5) is 0 Å². The molecule has 104 valence electrons. The van der Waals surface area contributed by atoms with Gasteiger partial charge in [0.05, 0.1) is 25.4 Å². The molecule has 3 atom stereocenters. The van der Waals surface area contributed by atoms with Crippen LogP contribution >= 0.6 is 0 Å². The van der Waals surface area contributed by atoms with Crippen molar-refractivity contribution in [2.75, 3.05) is 13.2 Å². The number of hydrogen-bond donors (Lipinski definition) is 1. The number of benzene rings is 1. The molecule has 3 aliphatic rings. The van der Waals surface area contributed by atoms with Crippen LogP contribution in [0.15, 0.2) is 35.3 Å². The van der Waals surface area contributed by atoms with Crippen molar-refractivity contribution < 1.29 is 9.47 Å². The summed E-state index contributed by atoms with van der Waals surface area (Å²) in [4.78, 5) is 4.22. The largest absolute Gasteiger partial charge is 0.386 e. The minimum absolute atomic E-state index is 0.127. The van der Waals surface area contributed by atoms with Gasteiger partial charge in [0.2, 0.25) is 0 Å². The third-order valence-electron chi connectivity index (χ3n) is 4.74. The first-order chi connectivity index (χ1) is 10.2. The molecule has 4 rings (SSSR count). The van der Waals surface area contributed by atoms with E-state index in [-0.39, 0.29) is 5.84 Å². The van der Waals surface area contributed by atoms with E-state index in [9.17, 15) is 10.5 Å². The highest BCUT2D eigenvalue weighted by Crippen LogP contribution is 2.82. The Morgan fingerprint density at radius 2 is 1.81 bits per heavy atom. The van der Waals surface area contributed by atoms with E-state index in [1.807, 2.05) is 30.3 Å². The van der Waals surface area contributed by atoms with Gasteiger partial charge in [-0.25, -0.2) is 4.99 Å². The lowest BCUT2D eigenvalue weighted by Crippen LogP contribution is -2.38. The van der Waals surface area contributed by atoms with Crippen LogP contribution in [-0.2, 0) is 9.47 Å². The highest BCUT2D eigenvalue weighted by atomic mass is 16.8. The Bertz CT molecular complexity index is 726. The van der Waals surface area contributed by atoms with Gasteiger partial charge in [-0.05, 0) is 5.56 Å². The summed E-state index contributed by atoms with van der Waals surface area (Å²) < 4.78 is 11.3. The van der Waals surface area contributed by atoms with Gasteiger partial charge in [0, 0.05) is 5.92 Å². The number of amidine groups is 1. The molecule has 0 bridgehead atoms. The quantitative estimate of drug-likeness (QED) is 0.822. The number of nitriles is 2. The number of nitrogens with zero attached hydrogens (tertiary/aromatic N) is 3. The lowest BCUT2D eigenvalue weighted by Gasteiger charge is -2.25. The molecule has 2 aliphatic heterocycles. The van der Waals surface area contributed by atoms with Crippen molar-refractivity contribution in [3.8, 4) is 12.1 Å². The first-order valence-corrected chi connectivity index (χ1v) is 6.70. The Hall–Kier alpha value is -2.41. The van der Waals surface area contributed by atoms with Crippen LogP contribution < -0.4 is 5.73 Å². The van der Waals surface area contributed by atoms with Gasteiger partial charge in [-0.1, -0.05) is 30.3 Å². The van der Waals surface area contributed by atoms with Crippen LogP contribution in [0.2, 0.25) is 0 Å². The van der Waals surface area contributed by atoms with E-state index < -0.39 is 22.7 Å². The summed E-state index contributed by atoms with van der Waals surface area (Å²) >= 11 is 0. The molecule has 2 heterocycles. The molecule has 1 aromatic rings. The summed E-state index contributed by atoms with van der Waals surface area (Å²) in [6.07, 6.45) is 0. The Morgan fingerprint density at radius 3 is 2.38 bits per heavy atom. The summed E-state index contributed by atoms with van der Waals surface area (Å²) in [5.41, 5.74) is 4.51. The molecule has 2 fully saturated rings. The third kappa shape index (κ3) is 1.06. The van der Waals surface area contributed by atoms with Crippen LogP contribution in [0, 0.1) is 33.5 Å². The number of rotatable bonds is 1. The summed E-state index contributed by atoms with van der Waals surface area (Å²) in [6.45, 7) is 0.673. The summed E-state index contributed by atoms with van der Waals surface area (Å²) in [7, 11) is 0. The zero-order chi connectivity index (χ0) is 14.7. The van der Waals surface area contributed by atoms with Crippen molar-refractivity contribution in [1.82, 2.24) is 0 Å². The molecule has 21 heavy (non-hydrogen) atoms. The maximum atomic E-state index is 9.85. The summed E-state index contributed by atoms with van der Waals surface area (Å²) in [5.74, 6) is -1.71. The van der Waals surface area contributed by atoms with Crippen molar-refractivity contribution in [3.05, 3.63) is 35.9 Å². The van der Waals surface area contributed by atoms with Gasteiger partial charge in [0.25, 0.3) is 5.91 Å². The van der Waals surface area contributed by atoms with Crippen molar-refractivity contribution in [2.24, 2.45) is 21.6 Å². The van der Waals surface area contributed by atoms with Gasteiger partial charge < -0.3 is 15.2 Å². The predicted octanol–water partition coefficient (Wildman–Crippen LogP) is 0.875. The lowest BCUT2D eigenvalue weighted by molar-refractivity contribution is -0.184. The van der Waals surface area contributed by atoms with Crippen molar-refractivity contribution in [1.29, 1.82) is 10.5 Å². The monoisotopic (exact) mass is 280 g/mol. The van der Waals surface area contributed by atoms with Gasteiger partial charge in [-0.3, -0.25) is 0 Å². The van der Waals surface area contributed by atoms with Gasteiger partial charge in [-0.15, -0.1) is 0 Å². The van der Waals surface area contributed by atoms with E-state index in [1.165, 1.54) is 0 Å². The standard InChI is InChI=1S/C15H12N4O2/c16-8-13-11(10-4-2-1-3-5-10)14(13,9-17)15(19-12(13)18)20-6-7-21-15/h1-5,11H,6-7H2,(H2,18,19)/t11-,13+,14+/m0/s1. The van der Waals surface area contributed by atoms with Crippen molar-refractivity contribution in [3.63, 3.8) is 0 Å². The zero-order valence-electron chi connectivity index (χ0n) is 11.1. The molecule has 1 aliphatic carbocycles. The van der Waals surface area contributed by atoms with Gasteiger partial charge >= 0.3 is 0 Å². The second kappa shape index (κ2) is 3.62. The van der Waals surface area contributed by atoms with Gasteiger partial charge in [0.1, 0.15) is 11.3 Å². The van der Waals surface area contributed by atoms with E-state index in [0.29, 0.717) is 13.2 Å². The van der Waals surface area contributed by atoms with Gasteiger partial charge in [0.15, 0.2) is 5.41 Å². The maximum Gasteiger partial charge on any atom is 0.293 e. The minimum Gasteiger partial charge on any atom is -0.386 e. The van der Waals surface area contributed by atoms with Crippen molar-refractivity contribution in [2.45, 2.75) is 11.8 Å². The molecule has 1 aromatic carbocycles. The van der Waals surface area contributed by atoms with Crippen LogP contribution in [0.3, 0.4) is 0 Å².